The standard InChI is InChI=1S/C30H46F2N6O7/c1-18(2)14-21(26(42)36-16-23(39)34-13-9-8-12-30(33,28(31)32)29(44)45)38-27(43)22(15-20-10-6-5-7-11-20)37-24(40)17-35-25(41)19(3)4/h6,10-11,18,21-22,28H,3,5,7-9,12-17,33H2,1-2,4H3,(H,34,39)(H,35,41)(H,36,42)(H,37,40)(H,38,43)(H,44,45). The van der Waals surface area contributed by atoms with Crippen LogP contribution in [0, 0.1) is 5.92 Å². The summed E-state index contributed by atoms with van der Waals surface area (Å²) in [6, 6.07) is -2.09. The third-order valence-electron chi connectivity index (χ3n) is 6.85. The molecular formula is C30H46F2N6O7. The predicted octanol–water partition coefficient (Wildman–Crippen LogP) is 0.811. The van der Waals surface area contributed by atoms with Crippen LogP contribution in [0.4, 0.5) is 8.78 Å². The number of carboxylic acids is 1. The van der Waals surface area contributed by atoms with Crippen LogP contribution in [0.2, 0.25) is 0 Å². The molecule has 0 radical (unpaired) electrons. The van der Waals surface area contributed by atoms with Crippen LogP contribution in [0.3, 0.4) is 0 Å². The van der Waals surface area contributed by atoms with E-state index in [1.807, 2.05) is 32.1 Å². The molecule has 0 aromatic rings. The van der Waals surface area contributed by atoms with Crippen molar-refractivity contribution < 1.29 is 42.7 Å². The first-order valence-electron chi connectivity index (χ1n) is 14.8. The van der Waals surface area contributed by atoms with Gasteiger partial charge in [0, 0.05) is 18.5 Å². The average molecular weight is 641 g/mol. The average Bonchev–Trinajstić information content (AvgIpc) is 2.97. The van der Waals surface area contributed by atoms with Crippen molar-refractivity contribution in [1.29, 1.82) is 0 Å². The lowest BCUT2D eigenvalue weighted by atomic mass is 9.94. The molecule has 0 aromatic heterocycles. The Hall–Kier alpha value is -4.14. The molecule has 5 amide bonds. The highest BCUT2D eigenvalue weighted by molar-refractivity contribution is 5.96. The van der Waals surface area contributed by atoms with E-state index in [1.54, 1.807) is 0 Å². The number of unbranched alkanes of at least 4 members (excludes halogenated alkanes) is 1. The van der Waals surface area contributed by atoms with E-state index in [0.717, 1.165) is 18.4 Å². The Morgan fingerprint density at radius 3 is 2.18 bits per heavy atom. The molecule has 0 saturated heterocycles. The summed E-state index contributed by atoms with van der Waals surface area (Å²) in [4.78, 5) is 74.0. The molecule has 13 nitrogen and oxygen atoms in total. The van der Waals surface area contributed by atoms with Gasteiger partial charge in [0.05, 0.1) is 13.1 Å². The Kier molecular flexibility index (Phi) is 16.7. The number of carbonyl (C=O) groups excluding carboxylic acids is 5. The minimum atomic E-state index is -3.25. The van der Waals surface area contributed by atoms with Crippen LogP contribution in [0.5, 0.6) is 0 Å². The van der Waals surface area contributed by atoms with Gasteiger partial charge in [-0.25, -0.2) is 13.6 Å². The number of amides is 5. The first kappa shape index (κ1) is 38.9. The first-order valence-corrected chi connectivity index (χ1v) is 14.8. The van der Waals surface area contributed by atoms with Crippen molar-refractivity contribution in [2.45, 2.75) is 89.8 Å². The molecule has 0 aromatic carbocycles. The second-order valence-corrected chi connectivity index (χ2v) is 11.4. The molecule has 45 heavy (non-hydrogen) atoms. The third kappa shape index (κ3) is 14.5. The van der Waals surface area contributed by atoms with E-state index in [4.69, 9.17) is 10.8 Å². The molecule has 8 N–H and O–H groups in total. The SMILES string of the molecule is C=C(C)C(=O)NCC(=O)NC(CC1=CCCC=C1)C(=O)NC(CC(C)C)C(=O)NCC(=O)NCCCCC(N)(C(=O)O)C(F)F. The zero-order valence-electron chi connectivity index (χ0n) is 26.0. The zero-order chi connectivity index (χ0) is 34.2. The monoisotopic (exact) mass is 640 g/mol. The Morgan fingerprint density at radius 2 is 1.62 bits per heavy atom. The normalized spacial score (nSPS) is 15.2. The van der Waals surface area contributed by atoms with Crippen molar-refractivity contribution in [1.82, 2.24) is 26.6 Å². The van der Waals surface area contributed by atoms with E-state index in [1.165, 1.54) is 6.92 Å². The molecule has 252 valence electrons. The summed E-state index contributed by atoms with van der Waals surface area (Å²) >= 11 is 0. The Balaban J connectivity index is 2.76. The summed E-state index contributed by atoms with van der Waals surface area (Å²) in [5.74, 6) is -4.80. The van der Waals surface area contributed by atoms with Gasteiger partial charge in [-0.3, -0.25) is 24.0 Å². The summed E-state index contributed by atoms with van der Waals surface area (Å²) < 4.78 is 26.0. The second kappa shape index (κ2) is 19.3. The van der Waals surface area contributed by atoms with Crippen LogP contribution in [0.25, 0.3) is 0 Å². The molecule has 15 heteroatoms. The Labute approximate surface area is 261 Å². The molecule has 3 unspecified atom stereocenters. The molecule has 0 aliphatic heterocycles. The number of nitrogens with two attached hydrogens (primary N) is 1. The number of alkyl halides is 2. The van der Waals surface area contributed by atoms with Crippen LogP contribution in [0.1, 0.15) is 65.7 Å². The molecule has 0 heterocycles. The molecule has 0 fully saturated rings. The fourth-order valence-corrected chi connectivity index (χ4v) is 4.23. The largest absolute Gasteiger partial charge is 0.480 e. The number of nitrogens with one attached hydrogen (secondary N) is 5. The maximum atomic E-state index is 13.4. The number of aliphatic carboxylic acids is 1. The molecule has 1 aliphatic carbocycles. The molecular weight excluding hydrogens is 594 g/mol. The molecule has 1 aliphatic rings. The Morgan fingerprint density at radius 1 is 0.956 bits per heavy atom. The minimum absolute atomic E-state index is 0.0208. The maximum Gasteiger partial charge on any atom is 0.329 e. The van der Waals surface area contributed by atoms with E-state index in [9.17, 15) is 37.5 Å². The number of hydrogen-bond acceptors (Lipinski definition) is 7. The zero-order valence-corrected chi connectivity index (χ0v) is 26.0. The Bertz CT molecular complexity index is 1160. The lowest BCUT2D eigenvalue weighted by molar-refractivity contribution is -0.150. The van der Waals surface area contributed by atoms with Crippen molar-refractivity contribution >= 4 is 35.5 Å². The van der Waals surface area contributed by atoms with Gasteiger partial charge in [-0.1, -0.05) is 38.7 Å². The van der Waals surface area contributed by atoms with Crippen LogP contribution in [0.15, 0.2) is 36.0 Å². The van der Waals surface area contributed by atoms with Gasteiger partial charge in [0.25, 0.3) is 6.43 Å². The summed E-state index contributed by atoms with van der Waals surface area (Å²) in [6.45, 7) is 7.91. The predicted molar refractivity (Wildman–Crippen MR) is 163 cm³/mol. The lowest BCUT2D eigenvalue weighted by Gasteiger charge is -2.25. The van der Waals surface area contributed by atoms with Gasteiger partial charge in [0.2, 0.25) is 29.5 Å². The number of rotatable bonds is 20. The third-order valence-corrected chi connectivity index (χ3v) is 6.85. The van der Waals surface area contributed by atoms with E-state index in [0.29, 0.717) is 0 Å². The fraction of sp³-hybridized carbons (Fsp3) is 0.600. The minimum Gasteiger partial charge on any atom is -0.480 e. The highest BCUT2D eigenvalue weighted by Gasteiger charge is 2.43. The smallest absolute Gasteiger partial charge is 0.329 e. The fourth-order valence-electron chi connectivity index (χ4n) is 4.23. The summed E-state index contributed by atoms with van der Waals surface area (Å²) in [5, 5.41) is 21.6. The van der Waals surface area contributed by atoms with E-state index < -0.39 is 72.5 Å². The van der Waals surface area contributed by atoms with E-state index in [-0.39, 0.29) is 50.3 Å². The quantitative estimate of drug-likeness (QED) is 0.0746. The number of carboxylic acid groups (broad SMARTS) is 1. The molecule has 1 rings (SSSR count). The summed E-state index contributed by atoms with van der Waals surface area (Å²) in [5.41, 5.74) is 3.64. The highest BCUT2D eigenvalue weighted by Crippen LogP contribution is 2.20. The summed E-state index contributed by atoms with van der Waals surface area (Å²) in [7, 11) is 0. The van der Waals surface area contributed by atoms with E-state index >= 15 is 0 Å². The number of allylic oxidation sites excluding steroid dienone is 3. The molecule has 0 bridgehead atoms. The maximum absolute atomic E-state index is 13.4. The van der Waals surface area contributed by atoms with Gasteiger partial charge < -0.3 is 37.4 Å². The number of hydrogen-bond donors (Lipinski definition) is 7. The van der Waals surface area contributed by atoms with E-state index in [2.05, 4.69) is 33.2 Å². The van der Waals surface area contributed by atoms with Crippen LogP contribution < -0.4 is 32.3 Å². The van der Waals surface area contributed by atoms with Crippen molar-refractivity contribution in [3.8, 4) is 0 Å². The second-order valence-electron chi connectivity index (χ2n) is 11.4. The van der Waals surface area contributed by atoms with Crippen molar-refractivity contribution in [3.05, 3.63) is 36.0 Å². The summed E-state index contributed by atoms with van der Waals surface area (Å²) in [6.07, 6.45) is 4.22. The number of halogens is 2. The van der Waals surface area contributed by atoms with Crippen molar-refractivity contribution in [2.75, 3.05) is 19.6 Å². The first-order chi connectivity index (χ1) is 21.1. The topological polar surface area (TPSA) is 209 Å². The molecule has 0 spiro atoms. The molecule has 0 saturated carbocycles. The van der Waals surface area contributed by atoms with Crippen molar-refractivity contribution in [3.63, 3.8) is 0 Å². The molecule has 3 atom stereocenters. The lowest BCUT2D eigenvalue weighted by Crippen LogP contribution is -2.55. The van der Waals surface area contributed by atoms with Crippen LogP contribution >= 0.6 is 0 Å². The van der Waals surface area contributed by atoms with Crippen molar-refractivity contribution in [2.24, 2.45) is 11.7 Å². The van der Waals surface area contributed by atoms with Gasteiger partial charge in [0.1, 0.15) is 12.1 Å². The highest BCUT2D eigenvalue weighted by atomic mass is 19.3. The van der Waals surface area contributed by atoms with Gasteiger partial charge >= 0.3 is 5.97 Å². The van der Waals surface area contributed by atoms with Crippen LogP contribution in [-0.2, 0) is 28.8 Å². The van der Waals surface area contributed by atoms with Gasteiger partial charge in [-0.2, -0.15) is 0 Å². The van der Waals surface area contributed by atoms with Gasteiger partial charge in [0.15, 0.2) is 5.54 Å². The van der Waals surface area contributed by atoms with Crippen LogP contribution in [-0.4, -0.2) is 84.3 Å². The van der Waals surface area contributed by atoms with Gasteiger partial charge in [-0.05, 0) is 56.9 Å². The van der Waals surface area contributed by atoms with Gasteiger partial charge in [-0.15, -0.1) is 0 Å². The number of carbonyl (C=O) groups is 6.